The number of nitrogens with one attached hydrogen (secondary N) is 2. The molecule has 9 heteroatoms. The normalized spacial score (nSPS) is 10.4. The van der Waals surface area contributed by atoms with Crippen LogP contribution in [0, 0.1) is 17.0 Å². The van der Waals surface area contributed by atoms with Gasteiger partial charge >= 0.3 is 0 Å². The van der Waals surface area contributed by atoms with E-state index in [-0.39, 0.29) is 22.8 Å². The summed E-state index contributed by atoms with van der Waals surface area (Å²) in [5.74, 6) is 0.257. The second-order valence-electron chi connectivity index (χ2n) is 5.98. The van der Waals surface area contributed by atoms with Gasteiger partial charge in [-0.3, -0.25) is 20.2 Å². The van der Waals surface area contributed by atoms with Gasteiger partial charge in [-0.1, -0.05) is 0 Å². The summed E-state index contributed by atoms with van der Waals surface area (Å²) in [7, 11) is 0. The summed E-state index contributed by atoms with van der Waals surface area (Å²) in [4.78, 5) is 22.7. The molecule has 0 heterocycles. The van der Waals surface area contributed by atoms with Crippen LogP contribution < -0.4 is 15.4 Å². The Labute approximate surface area is 170 Å². The lowest BCUT2D eigenvalue weighted by molar-refractivity contribution is -0.384. The number of halogens is 1. The van der Waals surface area contributed by atoms with Crippen molar-refractivity contribution in [2.45, 2.75) is 26.9 Å². The first-order valence-corrected chi connectivity index (χ1v) is 9.21. The van der Waals surface area contributed by atoms with Gasteiger partial charge in [-0.25, -0.2) is 0 Å². The molecule has 0 spiro atoms. The number of nitro benzene ring substituents is 1. The lowest BCUT2D eigenvalue weighted by Crippen LogP contribution is -2.34. The summed E-state index contributed by atoms with van der Waals surface area (Å²) in [5.41, 5.74) is 1.61. The molecule has 0 aliphatic rings. The first-order chi connectivity index (χ1) is 12.7. The molecular formula is C18H18BrN3O4S. The van der Waals surface area contributed by atoms with Crippen LogP contribution >= 0.6 is 28.1 Å². The van der Waals surface area contributed by atoms with Crippen LogP contribution in [0.3, 0.4) is 0 Å². The van der Waals surface area contributed by atoms with E-state index in [1.807, 2.05) is 13.8 Å². The van der Waals surface area contributed by atoms with Crippen LogP contribution in [0.1, 0.15) is 29.8 Å². The maximum atomic E-state index is 12.4. The average Bonchev–Trinajstić information content (AvgIpc) is 2.57. The number of hydrogen-bond donors (Lipinski definition) is 2. The van der Waals surface area contributed by atoms with Gasteiger partial charge in [-0.15, -0.1) is 0 Å². The number of amides is 1. The third kappa shape index (κ3) is 5.73. The number of carbonyl (C=O) groups excluding carboxylic acids is 1. The van der Waals surface area contributed by atoms with Crippen molar-refractivity contribution in [2.75, 3.05) is 5.32 Å². The van der Waals surface area contributed by atoms with Crippen molar-refractivity contribution in [3.8, 4) is 5.75 Å². The van der Waals surface area contributed by atoms with E-state index < -0.39 is 4.92 Å². The molecule has 0 saturated carbocycles. The molecule has 0 fully saturated rings. The number of anilines is 1. The van der Waals surface area contributed by atoms with Gasteiger partial charge in [0, 0.05) is 23.4 Å². The van der Waals surface area contributed by atoms with E-state index in [0.29, 0.717) is 27.0 Å². The van der Waals surface area contributed by atoms with E-state index in [1.54, 1.807) is 31.2 Å². The number of thiocarbonyl (C=S) groups is 1. The van der Waals surface area contributed by atoms with Crippen molar-refractivity contribution in [1.82, 2.24) is 5.32 Å². The zero-order valence-corrected chi connectivity index (χ0v) is 17.3. The Bertz CT molecular complexity index is 902. The highest BCUT2D eigenvalue weighted by Crippen LogP contribution is 2.27. The number of ether oxygens (including phenoxy) is 1. The second kappa shape index (κ2) is 8.92. The SMILES string of the molecule is Cc1cc([N+](=O)[O-])ccc1NC(=S)NC(=O)c1ccc(OC(C)C)c(Br)c1. The molecule has 7 nitrogen and oxygen atoms in total. The van der Waals surface area contributed by atoms with Crippen molar-refractivity contribution >= 4 is 50.5 Å². The maximum Gasteiger partial charge on any atom is 0.269 e. The highest BCUT2D eigenvalue weighted by atomic mass is 79.9. The van der Waals surface area contributed by atoms with E-state index in [9.17, 15) is 14.9 Å². The smallest absolute Gasteiger partial charge is 0.269 e. The van der Waals surface area contributed by atoms with Crippen molar-refractivity contribution in [3.63, 3.8) is 0 Å². The number of benzene rings is 2. The third-order valence-corrected chi connectivity index (χ3v) is 4.28. The molecule has 2 aromatic carbocycles. The van der Waals surface area contributed by atoms with Crippen molar-refractivity contribution in [3.05, 3.63) is 62.1 Å². The number of nitrogens with zero attached hydrogens (tertiary/aromatic N) is 1. The van der Waals surface area contributed by atoms with Crippen LogP contribution in [-0.2, 0) is 0 Å². The van der Waals surface area contributed by atoms with Gasteiger partial charge in [0.1, 0.15) is 5.75 Å². The van der Waals surface area contributed by atoms with Crippen molar-refractivity contribution in [2.24, 2.45) is 0 Å². The standard InChI is InChI=1S/C18H18BrN3O4S/c1-10(2)26-16-7-4-12(9-14(16)19)17(23)21-18(27)20-15-6-5-13(22(24)25)8-11(15)3/h4-10H,1-3H3,(H2,20,21,23,27). The highest BCUT2D eigenvalue weighted by molar-refractivity contribution is 9.10. The largest absolute Gasteiger partial charge is 0.490 e. The van der Waals surface area contributed by atoms with Crippen LogP contribution in [-0.4, -0.2) is 22.0 Å². The monoisotopic (exact) mass is 451 g/mol. The zero-order valence-electron chi connectivity index (χ0n) is 14.9. The van der Waals surface area contributed by atoms with Gasteiger partial charge < -0.3 is 10.1 Å². The Hall–Kier alpha value is -2.52. The molecule has 0 saturated heterocycles. The predicted molar refractivity (Wildman–Crippen MR) is 111 cm³/mol. The molecule has 0 unspecified atom stereocenters. The summed E-state index contributed by atoms with van der Waals surface area (Å²) in [5, 5.41) is 16.3. The molecule has 0 radical (unpaired) electrons. The summed E-state index contributed by atoms with van der Waals surface area (Å²) in [6.07, 6.45) is 0.0164. The minimum atomic E-state index is -0.471. The summed E-state index contributed by atoms with van der Waals surface area (Å²) in [6, 6.07) is 9.32. The molecule has 0 bridgehead atoms. The molecule has 27 heavy (non-hydrogen) atoms. The molecule has 1 amide bonds. The molecule has 2 N–H and O–H groups in total. The van der Waals surface area contributed by atoms with Crippen LogP contribution in [0.25, 0.3) is 0 Å². The van der Waals surface area contributed by atoms with Gasteiger partial charge in [0.05, 0.1) is 15.5 Å². The quantitative estimate of drug-likeness (QED) is 0.392. The molecule has 0 aliphatic heterocycles. The fourth-order valence-electron chi connectivity index (χ4n) is 2.22. The Balaban J connectivity index is 2.04. The number of carbonyl (C=O) groups is 1. The number of hydrogen-bond acceptors (Lipinski definition) is 5. The number of aryl methyl sites for hydroxylation is 1. The molecule has 0 atom stereocenters. The fraction of sp³-hybridized carbons (Fsp3) is 0.222. The molecule has 142 valence electrons. The second-order valence-corrected chi connectivity index (χ2v) is 7.24. The molecule has 0 aliphatic carbocycles. The lowest BCUT2D eigenvalue weighted by Gasteiger charge is -2.14. The van der Waals surface area contributed by atoms with Gasteiger partial charge in [-0.2, -0.15) is 0 Å². The summed E-state index contributed by atoms with van der Waals surface area (Å²) in [6.45, 7) is 5.54. The number of nitro groups is 1. The van der Waals surface area contributed by atoms with E-state index in [0.717, 1.165) is 0 Å². The van der Waals surface area contributed by atoms with Crippen LogP contribution in [0.4, 0.5) is 11.4 Å². The minimum absolute atomic E-state index is 0.0124. The predicted octanol–water partition coefficient (Wildman–Crippen LogP) is 4.58. The first kappa shape index (κ1) is 20.8. The minimum Gasteiger partial charge on any atom is -0.490 e. The molecule has 2 rings (SSSR count). The van der Waals surface area contributed by atoms with Gasteiger partial charge in [0.15, 0.2) is 5.11 Å². The van der Waals surface area contributed by atoms with E-state index in [2.05, 4.69) is 26.6 Å². The zero-order chi connectivity index (χ0) is 20.1. The molecular weight excluding hydrogens is 434 g/mol. The third-order valence-electron chi connectivity index (χ3n) is 3.45. The lowest BCUT2D eigenvalue weighted by atomic mass is 10.2. The maximum absolute atomic E-state index is 12.4. The Kier molecular flexibility index (Phi) is 6.86. The van der Waals surface area contributed by atoms with E-state index in [4.69, 9.17) is 17.0 Å². The first-order valence-electron chi connectivity index (χ1n) is 8.01. The van der Waals surface area contributed by atoms with Gasteiger partial charge in [0.2, 0.25) is 0 Å². The Morgan fingerprint density at radius 2 is 1.96 bits per heavy atom. The van der Waals surface area contributed by atoms with Crippen LogP contribution in [0.15, 0.2) is 40.9 Å². The number of rotatable bonds is 5. The van der Waals surface area contributed by atoms with E-state index in [1.165, 1.54) is 12.1 Å². The highest BCUT2D eigenvalue weighted by Gasteiger charge is 2.13. The topological polar surface area (TPSA) is 93.5 Å². The Morgan fingerprint density at radius 3 is 2.52 bits per heavy atom. The molecule has 0 aromatic heterocycles. The van der Waals surface area contributed by atoms with Gasteiger partial charge in [0.25, 0.3) is 11.6 Å². The number of non-ortho nitro benzene ring substituents is 1. The van der Waals surface area contributed by atoms with Crippen LogP contribution in [0.2, 0.25) is 0 Å². The fourth-order valence-corrected chi connectivity index (χ4v) is 2.90. The van der Waals surface area contributed by atoms with E-state index >= 15 is 0 Å². The van der Waals surface area contributed by atoms with Crippen LogP contribution in [0.5, 0.6) is 5.75 Å². The summed E-state index contributed by atoms with van der Waals surface area (Å²) >= 11 is 8.54. The average molecular weight is 452 g/mol. The molecule has 2 aromatic rings. The van der Waals surface area contributed by atoms with Gasteiger partial charge in [-0.05, 0) is 78.7 Å². The Morgan fingerprint density at radius 1 is 1.26 bits per heavy atom. The van der Waals surface area contributed by atoms with Crippen molar-refractivity contribution < 1.29 is 14.5 Å². The van der Waals surface area contributed by atoms with Crippen molar-refractivity contribution in [1.29, 1.82) is 0 Å². The summed E-state index contributed by atoms with van der Waals surface area (Å²) < 4.78 is 6.28.